The van der Waals surface area contributed by atoms with Crippen LogP contribution in [0.5, 0.6) is 23.0 Å². The monoisotopic (exact) mass is 843 g/mol. The number of benzene rings is 4. The van der Waals surface area contributed by atoms with Crippen LogP contribution in [0.15, 0.2) is 95.2 Å². The first-order valence-electron chi connectivity index (χ1n) is 23.9. The molecule has 0 radical (unpaired) electrons. The van der Waals surface area contributed by atoms with Crippen molar-refractivity contribution >= 4 is 23.3 Å². The number of esters is 2. The molecule has 332 valence electrons. The van der Waals surface area contributed by atoms with Crippen molar-refractivity contribution in [1.82, 2.24) is 0 Å². The predicted octanol–water partition coefficient (Wildman–Crippen LogP) is 15.0. The standard InChI is InChI=1S/C54H70N2O6/c1-5-9-11-13-41-23-27-45(28-24-41)53(57)61-48-33-31-47(32-34-48)55-56-49-35-36-50(62-54(58)46-29-25-42(26-30-46)14-12-10-6-2)52(60-38-44-21-17-40(8-4)18-22-44)51(49)59-37-43-19-15-39(7-3)16-20-43/h15-22,31-36,41-42,45-46H,5-14,23-30,37-38H2,1-4H3. The lowest BCUT2D eigenvalue weighted by atomic mass is 9.80. The summed E-state index contributed by atoms with van der Waals surface area (Å²) in [6.07, 6.45) is 19.7. The average Bonchev–Trinajstić information content (AvgIpc) is 3.31. The topological polar surface area (TPSA) is 95.8 Å². The van der Waals surface area contributed by atoms with E-state index in [0.717, 1.165) is 81.3 Å². The lowest BCUT2D eigenvalue weighted by Crippen LogP contribution is -2.26. The second-order valence-electron chi connectivity index (χ2n) is 17.6. The van der Waals surface area contributed by atoms with E-state index in [2.05, 4.69) is 86.5 Å². The summed E-state index contributed by atoms with van der Waals surface area (Å²) in [4.78, 5) is 26.9. The van der Waals surface area contributed by atoms with E-state index in [4.69, 9.17) is 18.9 Å². The normalized spacial score (nSPS) is 19.0. The third-order valence-corrected chi connectivity index (χ3v) is 13.0. The molecule has 0 aromatic heterocycles. The van der Waals surface area contributed by atoms with Crippen LogP contribution in [0, 0.1) is 23.7 Å². The summed E-state index contributed by atoms with van der Waals surface area (Å²) in [6.45, 7) is 9.23. The first-order chi connectivity index (χ1) is 30.3. The molecule has 2 aliphatic rings. The molecule has 8 heteroatoms. The summed E-state index contributed by atoms with van der Waals surface area (Å²) < 4.78 is 25.2. The number of carbonyl (C=O) groups excluding carboxylic acids is 2. The van der Waals surface area contributed by atoms with E-state index in [0.29, 0.717) is 40.3 Å². The zero-order valence-corrected chi connectivity index (χ0v) is 37.9. The van der Waals surface area contributed by atoms with Crippen molar-refractivity contribution in [2.75, 3.05) is 0 Å². The van der Waals surface area contributed by atoms with Gasteiger partial charge in [0.15, 0.2) is 11.5 Å². The molecule has 0 amide bonds. The van der Waals surface area contributed by atoms with Gasteiger partial charge in [-0.05, 0) is 135 Å². The number of hydrogen-bond acceptors (Lipinski definition) is 8. The van der Waals surface area contributed by atoms with Crippen LogP contribution in [0.25, 0.3) is 0 Å². The van der Waals surface area contributed by atoms with E-state index in [-0.39, 0.29) is 37.0 Å². The van der Waals surface area contributed by atoms with Crippen molar-refractivity contribution in [2.45, 2.75) is 156 Å². The molecule has 62 heavy (non-hydrogen) atoms. The molecule has 4 aromatic carbocycles. The summed E-state index contributed by atoms with van der Waals surface area (Å²) in [5.74, 6) is 2.26. The number of rotatable bonds is 22. The minimum atomic E-state index is -0.236. The number of azo groups is 1. The van der Waals surface area contributed by atoms with Crippen LogP contribution in [0.2, 0.25) is 0 Å². The summed E-state index contributed by atoms with van der Waals surface area (Å²) in [6, 6.07) is 27.3. The Labute approximate surface area is 371 Å². The van der Waals surface area contributed by atoms with E-state index >= 15 is 0 Å². The third kappa shape index (κ3) is 14.0. The lowest BCUT2D eigenvalue weighted by molar-refractivity contribution is -0.141. The molecule has 0 saturated heterocycles. The number of aryl methyl sites for hydroxylation is 2. The van der Waals surface area contributed by atoms with Gasteiger partial charge in [0.25, 0.3) is 0 Å². The Hall–Kier alpha value is -4.98. The zero-order valence-electron chi connectivity index (χ0n) is 37.9. The highest BCUT2D eigenvalue weighted by molar-refractivity contribution is 5.78. The molecular formula is C54H70N2O6. The van der Waals surface area contributed by atoms with Gasteiger partial charge in [0.05, 0.1) is 17.5 Å². The quantitative estimate of drug-likeness (QED) is 0.0338. The molecule has 0 spiro atoms. The molecule has 0 N–H and O–H groups in total. The van der Waals surface area contributed by atoms with Crippen LogP contribution in [-0.2, 0) is 35.6 Å². The summed E-state index contributed by atoms with van der Waals surface area (Å²) in [5, 5.41) is 9.25. The molecule has 4 aromatic rings. The lowest BCUT2D eigenvalue weighted by Gasteiger charge is -2.27. The minimum Gasteiger partial charge on any atom is -0.483 e. The van der Waals surface area contributed by atoms with Crippen LogP contribution in [-0.4, -0.2) is 11.9 Å². The van der Waals surface area contributed by atoms with Crippen LogP contribution in [0.3, 0.4) is 0 Å². The Kier molecular flexibility index (Phi) is 18.5. The summed E-state index contributed by atoms with van der Waals surface area (Å²) in [7, 11) is 0. The molecule has 0 aliphatic heterocycles. The van der Waals surface area contributed by atoms with Gasteiger partial charge in [-0.1, -0.05) is 128 Å². The molecule has 2 saturated carbocycles. The maximum absolute atomic E-state index is 13.8. The Morgan fingerprint density at radius 1 is 0.500 bits per heavy atom. The molecule has 2 aliphatic carbocycles. The van der Waals surface area contributed by atoms with Crippen molar-refractivity contribution in [3.05, 3.63) is 107 Å². The van der Waals surface area contributed by atoms with Crippen LogP contribution < -0.4 is 18.9 Å². The number of unbranched alkanes of at least 4 members (excludes halogenated alkanes) is 4. The number of carbonyl (C=O) groups is 2. The van der Waals surface area contributed by atoms with Gasteiger partial charge >= 0.3 is 11.9 Å². The first-order valence-corrected chi connectivity index (χ1v) is 23.9. The maximum Gasteiger partial charge on any atom is 0.314 e. The molecule has 6 rings (SSSR count). The Bertz CT molecular complexity index is 1990. The zero-order chi connectivity index (χ0) is 43.5. The van der Waals surface area contributed by atoms with Crippen LogP contribution >= 0.6 is 0 Å². The van der Waals surface area contributed by atoms with Gasteiger partial charge in [-0.25, -0.2) is 0 Å². The number of ether oxygens (including phenoxy) is 4. The second-order valence-corrected chi connectivity index (χ2v) is 17.6. The van der Waals surface area contributed by atoms with Gasteiger partial charge in [0, 0.05) is 0 Å². The Balaban J connectivity index is 1.21. The molecular weight excluding hydrogens is 773 g/mol. The van der Waals surface area contributed by atoms with Crippen molar-refractivity contribution in [3.8, 4) is 23.0 Å². The SMILES string of the molecule is CCCCCC1CCC(C(=O)Oc2ccc(N=Nc3ccc(OC(=O)C4CCC(CCCCC)CC4)c(OCc4ccc(CC)cc4)c3OCc3ccc(CC)cc3)cc2)CC1. The van der Waals surface area contributed by atoms with E-state index in [9.17, 15) is 9.59 Å². The smallest absolute Gasteiger partial charge is 0.314 e. The highest BCUT2D eigenvalue weighted by Crippen LogP contribution is 2.47. The van der Waals surface area contributed by atoms with Gasteiger partial charge in [-0.2, -0.15) is 5.11 Å². The first kappa shape index (κ1) is 46.5. The highest BCUT2D eigenvalue weighted by Gasteiger charge is 2.30. The highest BCUT2D eigenvalue weighted by atomic mass is 16.6. The fourth-order valence-corrected chi connectivity index (χ4v) is 8.85. The van der Waals surface area contributed by atoms with E-state index in [1.165, 1.54) is 62.5 Å². The maximum atomic E-state index is 13.8. The Morgan fingerprint density at radius 2 is 0.968 bits per heavy atom. The summed E-state index contributed by atoms with van der Waals surface area (Å²) in [5.41, 5.74) is 5.45. The Morgan fingerprint density at radius 3 is 1.45 bits per heavy atom. The summed E-state index contributed by atoms with van der Waals surface area (Å²) >= 11 is 0. The molecule has 2 fully saturated rings. The number of hydrogen-bond donors (Lipinski definition) is 0. The molecule has 8 nitrogen and oxygen atoms in total. The fourth-order valence-electron chi connectivity index (χ4n) is 8.85. The molecule has 0 heterocycles. The number of nitrogens with zero attached hydrogens (tertiary/aromatic N) is 2. The van der Waals surface area contributed by atoms with Crippen LogP contribution in [0.1, 0.15) is 153 Å². The minimum absolute atomic E-state index is 0.0514. The fraction of sp³-hybridized carbons (Fsp3) is 0.519. The van der Waals surface area contributed by atoms with E-state index < -0.39 is 0 Å². The van der Waals surface area contributed by atoms with Gasteiger partial charge in [0.1, 0.15) is 24.7 Å². The molecule has 0 bridgehead atoms. The van der Waals surface area contributed by atoms with Crippen molar-refractivity contribution in [3.63, 3.8) is 0 Å². The average molecular weight is 843 g/mol. The second kappa shape index (κ2) is 24.6. The largest absolute Gasteiger partial charge is 0.483 e. The van der Waals surface area contributed by atoms with E-state index in [1.807, 2.05) is 0 Å². The third-order valence-electron chi connectivity index (χ3n) is 13.0. The molecule has 0 atom stereocenters. The van der Waals surface area contributed by atoms with Crippen LogP contribution in [0.4, 0.5) is 11.4 Å². The predicted molar refractivity (Wildman–Crippen MR) is 248 cm³/mol. The van der Waals surface area contributed by atoms with Crippen molar-refractivity contribution in [2.24, 2.45) is 33.9 Å². The van der Waals surface area contributed by atoms with Gasteiger partial charge < -0.3 is 18.9 Å². The van der Waals surface area contributed by atoms with Crippen molar-refractivity contribution in [1.29, 1.82) is 0 Å². The molecule has 0 unspecified atom stereocenters. The van der Waals surface area contributed by atoms with Gasteiger partial charge in [0.2, 0.25) is 5.75 Å². The van der Waals surface area contributed by atoms with E-state index in [1.54, 1.807) is 36.4 Å². The van der Waals surface area contributed by atoms with Crippen molar-refractivity contribution < 1.29 is 28.5 Å². The van der Waals surface area contributed by atoms with Gasteiger partial charge in [-0.3, -0.25) is 9.59 Å². The van der Waals surface area contributed by atoms with Gasteiger partial charge in [-0.15, -0.1) is 5.11 Å².